The Morgan fingerprint density at radius 2 is 1.44 bits per heavy atom. The van der Waals surface area contributed by atoms with Crippen LogP contribution in [-0.4, -0.2) is 46.9 Å². The number of hydrogen-bond donors (Lipinski definition) is 2. The van der Waals surface area contributed by atoms with Crippen molar-refractivity contribution in [2.45, 2.75) is 123 Å². The van der Waals surface area contributed by atoms with E-state index in [2.05, 4.69) is 0 Å². The number of carbonyl (C=O) groups is 4. The summed E-state index contributed by atoms with van der Waals surface area (Å²) < 4.78 is 21.6. The molecule has 10 heteroatoms. The van der Waals surface area contributed by atoms with Crippen LogP contribution in [0.15, 0.2) is 18.2 Å². The van der Waals surface area contributed by atoms with Gasteiger partial charge in [-0.3, -0.25) is 14.4 Å². The molecule has 1 rings (SSSR count). The molecule has 0 amide bonds. The van der Waals surface area contributed by atoms with Gasteiger partial charge in [0.05, 0.1) is 0 Å². The first-order chi connectivity index (χ1) is 18.3. The first-order valence-corrected chi connectivity index (χ1v) is 13.7. The Labute approximate surface area is 231 Å². The largest absolute Gasteiger partial charge is 0.509 e. The Kier molecular flexibility index (Phi) is 14.5. The molecule has 0 saturated carbocycles. The van der Waals surface area contributed by atoms with Crippen LogP contribution >= 0.6 is 0 Å². The quantitative estimate of drug-likeness (QED) is 0.145. The lowest BCUT2D eigenvalue weighted by Gasteiger charge is -2.26. The number of esters is 2. The van der Waals surface area contributed by atoms with E-state index in [4.69, 9.17) is 24.7 Å². The van der Waals surface area contributed by atoms with Gasteiger partial charge in [0, 0.05) is 18.8 Å². The number of rotatable bonds is 16. The van der Waals surface area contributed by atoms with Crippen LogP contribution in [0.3, 0.4) is 0 Å². The molecule has 0 saturated heterocycles. The van der Waals surface area contributed by atoms with Gasteiger partial charge in [0.25, 0.3) is 0 Å². The van der Waals surface area contributed by atoms with Crippen LogP contribution < -0.4 is 15.2 Å². The lowest BCUT2D eigenvalue weighted by atomic mass is 9.87. The van der Waals surface area contributed by atoms with Crippen LogP contribution in [0.2, 0.25) is 0 Å². The SMILES string of the molecule is CCCCCC(=O)Oc1ccc(C(CC(C)OC(=O)OC(C)(C)C)[C@H](N)C(=O)O)cc1OC(=O)CCCCC. The molecular weight excluding hydrogens is 506 g/mol. The molecule has 0 aromatic heterocycles. The zero-order chi connectivity index (χ0) is 29.6. The summed E-state index contributed by atoms with van der Waals surface area (Å²) in [5.74, 6) is -2.98. The minimum absolute atomic E-state index is 0.00106. The summed E-state index contributed by atoms with van der Waals surface area (Å²) >= 11 is 0. The molecule has 0 radical (unpaired) electrons. The number of aliphatic carboxylic acids is 1. The molecule has 220 valence electrons. The molecule has 0 spiro atoms. The molecule has 0 bridgehead atoms. The highest BCUT2D eigenvalue weighted by Crippen LogP contribution is 2.35. The van der Waals surface area contributed by atoms with Gasteiger partial charge in [0.15, 0.2) is 11.5 Å². The van der Waals surface area contributed by atoms with Crippen molar-refractivity contribution in [1.29, 1.82) is 0 Å². The molecule has 3 atom stereocenters. The van der Waals surface area contributed by atoms with Crippen LogP contribution in [0, 0.1) is 0 Å². The lowest BCUT2D eigenvalue weighted by Crippen LogP contribution is -2.38. The van der Waals surface area contributed by atoms with Crippen molar-refractivity contribution in [2.24, 2.45) is 5.73 Å². The number of carboxylic acids is 1. The summed E-state index contributed by atoms with van der Waals surface area (Å²) in [5.41, 5.74) is 5.69. The molecule has 0 heterocycles. The van der Waals surface area contributed by atoms with Gasteiger partial charge in [-0.1, -0.05) is 45.6 Å². The number of ether oxygens (including phenoxy) is 4. The topological polar surface area (TPSA) is 151 Å². The molecule has 0 aliphatic heterocycles. The van der Waals surface area contributed by atoms with Crippen LogP contribution in [0.4, 0.5) is 4.79 Å². The molecule has 2 unspecified atom stereocenters. The monoisotopic (exact) mass is 551 g/mol. The van der Waals surface area contributed by atoms with E-state index in [-0.39, 0.29) is 30.8 Å². The Hall–Kier alpha value is -3.14. The first-order valence-electron chi connectivity index (χ1n) is 13.7. The molecule has 39 heavy (non-hydrogen) atoms. The summed E-state index contributed by atoms with van der Waals surface area (Å²) in [6, 6.07) is 3.13. The fourth-order valence-corrected chi connectivity index (χ4v) is 3.81. The summed E-state index contributed by atoms with van der Waals surface area (Å²) in [5, 5.41) is 9.66. The molecule has 3 N–H and O–H groups in total. The minimum atomic E-state index is -1.36. The number of unbranched alkanes of at least 4 members (excludes halogenated alkanes) is 4. The van der Waals surface area contributed by atoms with Gasteiger partial charge >= 0.3 is 24.1 Å². The Morgan fingerprint density at radius 3 is 1.92 bits per heavy atom. The van der Waals surface area contributed by atoms with Crippen LogP contribution in [0.25, 0.3) is 0 Å². The average Bonchev–Trinajstić information content (AvgIpc) is 2.82. The predicted octanol–water partition coefficient (Wildman–Crippen LogP) is 5.88. The van der Waals surface area contributed by atoms with E-state index in [0.717, 1.165) is 25.7 Å². The van der Waals surface area contributed by atoms with Crippen LogP contribution in [-0.2, 0) is 23.9 Å². The van der Waals surface area contributed by atoms with Crippen LogP contribution in [0.1, 0.15) is 111 Å². The van der Waals surface area contributed by atoms with Crippen molar-refractivity contribution in [3.05, 3.63) is 23.8 Å². The molecule has 1 aromatic carbocycles. The van der Waals surface area contributed by atoms with Gasteiger partial charge in [0.2, 0.25) is 0 Å². The highest BCUT2D eigenvalue weighted by atomic mass is 16.7. The standard InChI is InChI=1S/C29H45NO9/c1-7-9-11-13-24(31)37-22-16-15-20(18-23(22)38-25(32)14-12-10-8-2)21(26(30)27(33)34)17-19(3)36-28(35)39-29(4,5)6/h15-16,18-19,21,26H,7-14,17,30H2,1-6H3,(H,33,34)/t19?,21?,26-/m0/s1. The third kappa shape index (κ3) is 13.5. The second-order valence-corrected chi connectivity index (χ2v) is 10.7. The lowest BCUT2D eigenvalue weighted by molar-refractivity contribution is -0.139. The summed E-state index contributed by atoms with van der Waals surface area (Å²) in [6.07, 6.45) is 3.75. The maximum absolute atomic E-state index is 12.5. The molecular formula is C29H45NO9. The third-order valence-electron chi connectivity index (χ3n) is 5.80. The van der Waals surface area contributed by atoms with Gasteiger partial charge < -0.3 is 29.8 Å². The minimum Gasteiger partial charge on any atom is -0.480 e. The van der Waals surface area contributed by atoms with Gasteiger partial charge in [-0.25, -0.2) is 4.79 Å². The van der Waals surface area contributed by atoms with E-state index in [1.54, 1.807) is 33.8 Å². The normalized spacial score (nSPS) is 13.6. The van der Waals surface area contributed by atoms with E-state index in [1.807, 2.05) is 13.8 Å². The summed E-state index contributed by atoms with van der Waals surface area (Å²) in [7, 11) is 0. The summed E-state index contributed by atoms with van der Waals surface area (Å²) in [6.45, 7) is 10.7. The second kappa shape index (κ2) is 16.7. The fraction of sp³-hybridized carbons (Fsp3) is 0.655. The smallest absolute Gasteiger partial charge is 0.480 e. The number of benzene rings is 1. The molecule has 0 aliphatic rings. The molecule has 1 aromatic rings. The zero-order valence-electron chi connectivity index (χ0n) is 24.1. The first kappa shape index (κ1) is 33.9. The maximum Gasteiger partial charge on any atom is 0.509 e. The molecule has 0 aliphatic carbocycles. The van der Waals surface area contributed by atoms with Gasteiger partial charge in [0.1, 0.15) is 17.7 Å². The van der Waals surface area contributed by atoms with E-state index < -0.39 is 47.7 Å². The van der Waals surface area contributed by atoms with Crippen molar-refractivity contribution in [3.63, 3.8) is 0 Å². The predicted molar refractivity (Wildman–Crippen MR) is 146 cm³/mol. The molecule has 10 nitrogen and oxygen atoms in total. The van der Waals surface area contributed by atoms with Gasteiger partial charge in [-0.2, -0.15) is 0 Å². The van der Waals surface area contributed by atoms with Gasteiger partial charge in [-0.05, 0) is 64.7 Å². The maximum atomic E-state index is 12.5. The van der Waals surface area contributed by atoms with Crippen molar-refractivity contribution < 1.29 is 43.2 Å². The van der Waals surface area contributed by atoms with Crippen molar-refractivity contribution in [2.75, 3.05) is 0 Å². The van der Waals surface area contributed by atoms with E-state index in [1.165, 1.54) is 12.1 Å². The van der Waals surface area contributed by atoms with Gasteiger partial charge in [-0.15, -0.1) is 0 Å². The van der Waals surface area contributed by atoms with Crippen molar-refractivity contribution in [1.82, 2.24) is 0 Å². The number of carbonyl (C=O) groups excluding carboxylic acids is 3. The van der Waals surface area contributed by atoms with E-state index in [0.29, 0.717) is 18.4 Å². The highest BCUT2D eigenvalue weighted by molar-refractivity contribution is 5.77. The Morgan fingerprint density at radius 1 is 0.897 bits per heavy atom. The van der Waals surface area contributed by atoms with Crippen LogP contribution in [0.5, 0.6) is 11.5 Å². The Bertz CT molecular complexity index is 955. The van der Waals surface area contributed by atoms with Crippen molar-refractivity contribution in [3.8, 4) is 11.5 Å². The number of hydrogen-bond acceptors (Lipinski definition) is 9. The number of nitrogens with two attached hydrogens (primary N) is 1. The van der Waals surface area contributed by atoms with Crippen molar-refractivity contribution >= 4 is 24.1 Å². The zero-order valence-corrected chi connectivity index (χ0v) is 24.1. The van der Waals surface area contributed by atoms with E-state index >= 15 is 0 Å². The fourth-order valence-electron chi connectivity index (χ4n) is 3.81. The van der Waals surface area contributed by atoms with E-state index in [9.17, 15) is 24.3 Å². The Balaban J connectivity index is 3.26. The average molecular weight is 552 g/mol. The highest BCUT2D eigenvalue weighted by Gasteiger charge is 2.31. The number of carboxylic acid groups (broad SMARTS) is 1. The summed E-state index contributed by atoms with van der Waals surface area (Å²) in [4.78, 5) is 48.9. The second-order valence-electron chi connectivity index (χ2n) is 10.7. The molecule has 0 fully saturated rings. The third-order valence-corrected chi connectivity index (χ3v) is 5.80.